The first-order chi connectivity index (χ1) is 9.51. The molecule has 8 heteroatoms. The Morgan fingerprint density at radius 3 is 2.52 bits per heavy atom. The molecule has 0 aromatic heterocycles. The van der Waals surface area contributed by atoms with E-state index < -0.39 is 29.0 Å². The fourth-order valence-corrected chi connectivity index (χ4v) is 2.47. The predicted octanol–water partition coefficient (Wildman–Crippen LogP) is 3.17. The Kier molecular flexibility index (Phi) is 3.43. The lowest BCUT2D eigenvalue weighted by Gasteiger charge is -2.38. The summed E-state index contributed by atoms with van der Waals surface area (Å²) in [6, 6.07) is 3.56. The number of hydrogen-bond acceptors (Lipinski definition) is 3. The van der Waals surface area contributed by atoms with Crippen LogP contribution in [0, 0.1) is 10.1 Å². The molecule has 5 nitrogen and oxygen atoms in total. The van der Waals surface area contributed by atoms with Gasteiger partial charge in [-0.05, 0) is 11.6 Å². The Labute approximate surface area is 118 Å². The van der Waals surface area contributed by atoms with E-state index in [1.165, 1.54) is 12.1 Å². The first-order valence-electron chi connectivity index (χ1n) is 6.17. The van der Waals surface area contributed by atoms with Gasteiger partial charge < -0.3 is 4.90 Å². The molecule has 1 heterocycles. The van der Waals surface area contributed by atoms with Crippen LogP contribution in [0.4, 0.5) is 24.5 Å². The van der Waals surface area contributed by atoms with E-state index in [0.29, 0.717) is 10.5 Å². The molecule has 1 aliphatic heterocycles. The third kappa shape index (κ3) is 2.98. The van der Waals surface area contributed by atoms with Gasteiger partial charge in [-0.2, -0.15) is 13.2 Å². The number of nitro groups is 1. The standard InChI is InChI=1S/C13H13F3N2O3/c1-12(2)6-11(19)17(7-13(14,15)16)10-4-3-8(18(20)21)5-9(10)12/h3-5H,6-7H2,1-2H3. The molecular formula is C13H13F3N2O3. The summed E-state index contributed by atoms with van der Waals surface area (Å²) in [5, 5.41) is 10.8. The molecule has 114 valence electrons. The van der Waals surface area contributed by atoms with Crippen molar-refractivity contribution in [1.29, 1.82) is 0 Å². The van der Waals surface area contributed by atoms with Crippen molar-refractivity contribution in [3.63, 3.8) is 0 Å². The lowest BCUT2D eigenvalue weighted by Crippen LogP contribution is -2.46. The summed E-state index contributed by atoms with van der Waals surface area (Å²) < 4.78 is 37.8. The molecule has 0 spiro atoms. The van der Waals surface area contributed by atoms with E-state index in [1.54, 1.807) is 13.8 Å². The van der Waals surface area contributed by atoms with Crippen LogP contribution in [-0.2, 0) is 10.2 Å². The van der Waals surface area contributed by atoms with Gasteiger partial charge in [0.25, 0.3) is 5.69 Å². The number of nitro benzene ring substituents is 1. The molecule has 1 aliphatic rings. The van der Waals surface area contributed by atoms with Crippen LogP contribution in [0.2, 0.25) is 0 Å². The molecule has 1 amide bonds. The second-order valence-corrected chi connectivity index (χ2v) is 5.61. The van der Waals surface area contributed by atoms with Gasteiger partial charge in [0.05, 0.1) is 4.92 Å². The number of nitrogens with zero attached hydrogens (tertiary/aromatic N) is 2. The fourth-order valence-electron chi connectivity index (χ4n) is 2.47. The van der Waals surface area contributed by atoms with Gasteiger partial charge in [0, 0.05) is 29.7 Å². The third-order valence-electron chi connectivity index (χ3n) is 3.44. The molecule has 0 saturated heterocycles. The van der Waals surface area contributed by atoms with Crippen LogP contribution in [0.3, 0.4) is 0 Å². The summed E-state index contributed by atoms with van der Waals surface area (Å²) in [6.45, 7) is 1.96. The smallest absolute Gasteiger partial charge is 0.303 e. The molecule has 1 aromatic rings. The number of fused-ring (bicyclic) bond motifs is 1. The number of carbonyl (C=O) groups is 1. The zero-order valence-corrected chi connectivity index (χ0v) is 11.4. The van der Waals surface area contributed by atoms with Crippen LogP contribution < -0.4 is 4.90 Å². The number of non-ortho nitro benzene ring substituents is 1. The molecule has 0 saturated carbocycles. The van der Waals surface area contributed by atoms with Crippen molar-refractivity contribution < 1.29 is 22.9 Å². The minimum atomic E-state index is -4.53. The maximum absolute atomic E-state index is 12.6. The van der Waals surface area contributed by atoms with Gasteiger partial charge in [-0.3, -0.25) is 14.9 Å². The summed E-state index contributed by atoms with van der Waals surface area (Å²) in [4.78, 5) is 22.8. The Morgan fingerprint density at radius 1 is 1.38 bits per heavy atom. The van der Waals surface area contributed by atoms with Crippen LogP contribution in [0.25, 0.3) is 0 Å². The molecule has 0 N–H and O–H groups in total. The molecule has 2 rings (SSSR count). The number of anilines is 1. The number of benzene rings is 1. The topological polar surface area (TPSA) is 63.5 Å². The van der Waals surface area contributed by atoms with Crippen molar-refractivity contribution in [1.82, 2.24) is 0 Å². The minimum absolute atomic E-state index is 0.0826. The van der Waals surface area contributed by atoms with Gasteiger partial charge in [-0.1, -0.05) is 13.8 Å². The third-order valence-corrected chi connectivity index (χ3v) is 3.44. The Bertz CT molecular complexity index is 611. The van der Waals surface area contributed by atoms with Gasteiger partial charge in [-0.25, -0.2) is 0 Å². The Morgan fingerprint density at radius 2 is 2.00 bits per heavy atom. The van der Waals surface area contributed by atoms with Gasteiger partial charge in [0.1, 0.15) is 6.54 Å². The quantitative estimate of drug-likeness (QED) is 0.622. The minimum Gasteiger partial charge on any atom is -0.303 e. The second-order valence-electron chi connectivity index (χ2n) is 5.61. The fraction of sp³-hybridized carbons (Fsp3) is 0.462. The zero-order valence-electron chi connectivity index (χ0n) is 11.4. The van der Waals surface area contributed by atoms with E-state index in [9.17, 15) is 28.1 Å². The molecule has 1 aromatic carbocycles. The monoisotopic (exact) mass is 302 g/mol. The summed E-state index contributed by atoms with van der Waals surface area (Å²) in [5.74, 6) is -0.640. The molecule has 0 atom stereocenters. The molecule has 21 heavy (non-hydrogen) atoms. The van der Waals surface area contributed by atoms with Crippen molar-refractivity contribution in [2.45, 2.75) is 31.9 Å². The number of rotatable bonds is 2. The number of carbonyl (C=O) groups excluding carboxylic acids is 1. The van der Waals surface area contributed by atoms with E-state index in [-0.39, 0.29) is 17.8 Å². The van der Waals surface area contributed by atoms with E-state index in [2.05, 4.69) is 0 Å². The van der Waals surface area contributed by atoms with Crippen molar-refractivity contribution in [2.75, 3.05) is 11.4 Å². The number of amides is 1. The van der Waals surface area contributed by atoms with Crippen molar-refractivity contribution >= 4 is 17.3 Å². The molecule has 0 fully saturated rings. The highest BCUT2D eigenvalue weighted by Gasteiger charge is 2.42. The van der Waals surface area contributed by atoms with Gasteiger partial charge >= 0.3 is 6.18 Å². The van der Waals surface area contributed by atoms with Crippen LogP contribution in [0.15, 0.2) is 18.2 Å². The number of alkyl halides is 3. The maximum atomic E-state index is 12.6. The summed E-state index contributed by atoms with van der Waals surface area (Å²) in [6.07, 6.45) is -4.66. The molecule has 0 aliphatic carbocycles. The lowest BCUT2D eigenvalue weighted by atomic mass is 9.77. The predicted molar refractivity (Wildman–Crippen MR) is 69.1 cm³/mol. The van der Waals surface area contributed by atoms with Crippen LogP contribution in [0.1, 0.15) is 25.8 Å². The average molecular weight is 302 g/mol. The van der Waals surface area contributed by atoms with E-state index in [1.807, 2.05) is 0 Å². The van der Waals surface area contributed by atoms with Crippen molar-refractivity contribution in [2.24, 2.45) is 0 Å². The summed E-state index contributed by atoms with van der Waals surface area (Å²) >= 11 is 0. The lowest BCUT2D eigenvalue weighted by molar-refractivity contribution is -0.385. The second kappa shape index (κ2) is 4.71. The number of hydrogen-bond donors (Lipinski definition) is 0. The van der Waals surface area contributed by atoms with E-state index >= 15 is 0 Å². The van der Waals surface area contributed by atoms with Gasteiger partial charge in [0.15, 0.2) is 0 Å². The Balaban J connectivity index is 2.56. The van der Waals surface area contributed by atoms with Gasteiger partial charge in [0.2, 0.25) is 5.91 Å². The molecular weight excluding hydrogens is 289 g/mol. The summed E-state index contributed by atoms with van der Waals surface area (Å²) in [7, 11) is 0. The number of halogens is 3. The van der Waals surface area contributed by atoms with Crippen LogP contribution >= 0.6 is 0 Å². The normalized spacial score (nSPS) is 17.6. The molecule has 0 unspecified atom stereocenters. The van der Waals surface area contributed by atoms with Crippen LogP contribution in [0.5, 0.6) is 0 Å². The SMILES string of the molecule is CC1(C)CC(=O)N(CC(F)(F)F)c2ccc([N+](=O)[O-])cc21. The van der Waals surface area contributed by atoms with Crippen LogP contribution in [-0.4, -0.2) is 23.6 Å². The molecule has 0 bridgehead atoms. The highest BCUT2D eigenvalue weighted by atomic mass is 19.4. The average Bonchev–Trinajstić information content (AvgIpc) is 2.32. The van der Waals surface area contributed by atoms with Crippen molar-refractivity contribution in [3.05, 3.63) is 33.9 Å². The largest absolute Gasteiger partial charge is 0.406 e. The maximum Gasteiger partial charge on any atom is 0.406 e. The Hall–Kier alpha value is -2.12. The van der Waals surface area contributed by atoms with Gasteiger partial charge in [-0.15, -0.1) is 0 Å². The highest BCUT2D eigenvalue weighted by molar-refractivity contribution is 5.98. The first kappa shape index (κ1) is 15.3. The van der Waals surface area contributed by atoms with Crippen molar-refractivity contribution in [3.8, 4) is 0 Å². The van der Waals surface area contributed by atoms with E-state index in [4.69, 9.17) is 0 Å². The molecule has 0 radical (unpaired) electrons. The first-order valence-corrected chi connectivity index (χ1v) is 6.17. The van der Waals surface area contributed by atoms with E-state index in [0.717, 1.165) is 6.07 Å². The zero-order chi connectivity index (χ0) is 16.0. The highest BCUT2D eigenvalue weighted by Crippen LogP contribution is 2.42. The summed E-state index contributed by atoms with van der Waals surface area (Å²) in [5.41, 5.74) is -0.497.